The number of aromatic hydroxyl groups is 1. The summed E-state index contributed by atoms with van der Waals surface area (Å²) in [6.07, 6.45) is 1.50. The third-order valence-electron chi connectivity index (χ3n) is 3.02. The molecule has 0 unspecified atom stereocenters. The van der Waals surface area contributed by atoms with E-state index in [9.17, 15) is 9.50 Å². The van der Waals surface area contributed by atoms with Crippen molar-refractivity contribution in [2.75, 3.05) is 5.73 Å². The molecule has 6 heteroatoms. The maximum atomic E-state index is 13.8. The van der Waals surface area contributed by atoms with E-state index in [-0.39, 0.29) is 11.5 Å². The Balaban J connectivity index is 2.10. The molecule has 3 N–H and O–H groups in total. The van der Waals surface area contributed by atoms with Gasteiger partial charge < -0.3 is 15.6 Å². The van der Waals surface area contributed by atoms with Crippen molar-refractivity contribution in [3.05, 3.63) is 48.0 Å². The third kappa shape index (κ3) is 2.43. The van der Waals surface area contributed by atoms with Gasteiger partial charge in [-0.2, -0.15) is 0 Å². The summed E-state index contributed by atoms with van der Waals surface area (Å²) in [7, 11) is 0. The molecule has 0 fully saturated rings. The highest BCUT2D eigenvalue weighted by molar-refractivity contribution is 5.82. The number of hydrogen-bond donors (Lipinski definition) is 2. The van der Waals surface area contributed by atoms with Crippen LogP contribution in [0.1, 0.15) is 5.69 Å². The highest BCUT2D eigenvalue weighted by Crippen LogP contribution is 2.31. The number of rotatable bonds is 2. The summed E-state index contributed by atoms with van der Waals surface area (Å²) in [5.41, 5.74) is 7.18. The molecule has 3 aromatic rings. The Kier molecular flexibility index (Phi) is 3.06. The Morgan fingerprint density at radius 2 is 2.00 bits per heavy atom. The molecule has 21 heavy (non-hydrogen) atoms. The van der Waals surface area contributed by atoms with Crippen LogP contribution in [-0.4, -0.2) is 15.1 Å². The van der Waals surface area contributed by atoms with E-state index in [1.54, 1.807) is 19.1 Å². The molecule has 0 radical (unpaired) electrons. The predicted molar refractivity (Wildman–Crippen MR) is 76.8 cm³/mol. The fourth-order valence-corrected chi connectivity index (χ4v) is 1.93. The van der Waals surface area contributed by atoms with Crippen LogP contribution < -0.4 is 10.5 Å². The van der Waals surface area contributed by atoms with Gasteiger partial charge in [0.25, 0.3) is 0 Å². The summed E-state index contributed by atoms with van der Waals surface area (Å²) >= 11 is 0. The molecule has 2 aromatic heterocycles. The molecular weight excluding hydrogens is 273 g/mol. The molecule has 0 amide bonds. The molecular formula is C15H12FN3O2. The lowest BCUT2D eigenvalue weighted by molar-refractivity contribution is 0.445. The number of hydrogen-bond acceptors (Lipinski definition) is 5. The molecule has 0 aliphatic heterocycles. The van der Waals surface area contributed by atoms with Crippen molar-refractivity contribution in [2.45, 2.75) is 6.92 Å². The number of aryl methyl sites for hydroxylation is 1. The highest BCUT2D eigenvalue weighted by Gasteiger charge is 2.11. The number of fused-ring (bicyclic) bond motifs is 1. The average molecular weight is 285 g/mol. The minimum Gasteiger partial charge on any atom is -0.506 e. The van der Waals surface area contributed by atoms with Crippen LogP contribution in [0.4, 0.5) is 10.1 Å². The summed E-state index contributed by atoms with van der Waals surface area (Å²) in [5, 5.41) is 9.66. The van der Waals surface area contributed by atoms with E-state index in [2.05, 4.69) is 9.97 Å². The Morgan fingerprint density at radius 1 is 1.19 bits per heavy atom. The molecule has 5 nitrogen and oxygen atoms in total. The van der Waals surface area contributed by atoms with Crippen molar-refractivity contribution in [3.63, 3.8) is 0 Å². The number of pyridine rings is 2. The van der Waals surface area contributed by atoms with Crippen molar-refractivity contribution in [1.82, 2.24) is 9.97 Å². The molecule has 0 bridgehead atoms. The van der Waals surface area contributed by atoms with Crippen molar-refractivity contribution >= 4 is 16.7 Å². The monoisotopic (exact) mass is 285 g/mol. The standard InChI is InChI=1S/C15H12FN3O2/c1-8-12(20)7-11-15(19-8)14(4-5-18-11)21-13-3-2-9(17)6-10(13)16/h2-7,20H,17H2,1H3. The van der Waals surface area contributed by atoms with E-state index in [4.69, 9.17) is 10.5 Å². The number of nitrogens with zero attached hydrogens (tertiary/aromatic N) is 2. The summed E-state index contributed by atoms with van der Waals surface area (Å²) in [4.78, 5) is 8.34. The minimum atomic E-state index is -0.560. The van der Waals surface area contributed by atoms with Crippen LogP contribution in [0.25, 0.3) is 11.0 Å². The number of nitrogen functional groups attached to an aromatic ring is 1. The lowest BCUT2D eigenvalue weighted by Crippen LogP contribution is -1.95. The lowest BCUT2D eigenvalue weighted by Gasteiger charge is -2.10. The quantitative estimate of drug-likeness (QED) is 0.707. The Morgan fingerprint density at radius 3 is 2.76 bits per heavy atom. The average Bonchev–Trinajstić information content (AvgIpc) is 2.44. The van der Waals surface area contributed by atoms with Gasteiger partial charge in [0.1, 0.15) is 11.3 Å². The third-order valence-corrected chi connectivity index (χ3v) is 3.02. The van der Waals surface area contributed by atoms with Crippen LogP contribution in [-0.2, 0) is 0 Å². The fourth-order valence-electron chi connectivity index (χ4n) is 1.93. The van der Waals surface area contributed by atoms with Gasteiger partial charge in [-0.05, 0) is 19.1 Å². The second-order valence-electron chi connectivity index (χ2n) is 4.56. The zero-order valence-corrected chi connectivity index (χ0v) is 11.2. The van der Waals surface area contributed by atoms with Gasteiger partial charge >= 0.3 is 0 Å². The predicted octanol–water partition coefficient (Wildman–Crippen LogP) is 3.16. The zero-order chi connectivity index (χ0) is 15.0. The second kappa shape index (κ2) is 4.90. The fraction of sp³-hybridized carbons (Fsp3) is 0.0667. The molecule has 3 rings (SSSR count). The largest absolute Gasteiger partial charge is 0.506 e. The maximum Gasteiger partial charge on any atom is 0.167 e. The van der Waals surface area contributed by atoms with Crippen molar-refractivity contribution in [1.29, 1.82) is 0 Å². The van der Waals surface area contributed by atoms with E-state index < -0.39 is 5.82 Å². The number of ether oxygens (including phenoxy) is 1. The van der Waals surface area contributed by atoms with E-state index in [0.29, 0.717) is 28.2 Å². The molecule has 1 aromatic carbocycles. The molecule has 0 aliphatic carbocycles. The number of aromatic nitrogens is 2. The molecule has 0 aliphatic rings. The number of anilines is 1. The normalized spacial score (nSPS) is 10.8. The summed E-state index contributed by atoms with van der Waals surface area (Å²) in [6.45, 7) is 1.66. The van der Waals surface area contributed by atoms with Crippen molar-refractivity contribution in [3.8, 4) is 17.2 Å². The van der Waals surface area contributed by atoms with E-state index >= 15 is 0 Å². The van der Waals surface area contributed by atoms with Crippen LogP contribution in [0, 0.1) is 12.7 Å². The Hall–Kier alpha value is -2.89. The van der Waals surface area contributed by atoms with Crippen LogP contribution in [0.3, 0.4) is 0 Å². The molecule has 0 spiro atoms. The number of halogens is 1. The molecule has 0 saturated carbocycles. The minimum absolute atomic E-state index is 0.0456. The Bertz CT molecular complexity index is 837. The van der Waals surface area contributed by atoms with Crippen LogP contribution in [0.15, 0.2) is 36.5 Å². The zero-order valence-electron chi connectivity index (χ0n) is 11.2. The van der Waals surface area contributed by atoms with Crippen LogP contribution >= 0.6 is 0 Å². The van der Waals surface area contributed by atoms with E-state index in [1.807, 2.05) is 0 Å². The van der Waals surface area contributed by atoms with Crippen LogP contribution in [0.2, 0.25) is 0 Å². The van der Waals surface area contributed by atoms with E-state index in [1.165, 1.54) is 24.4 Å². The number of benzene rings is 1. The number of nitrogens with two attached hydrogens (primary N) is 1. The highest BCUT2D eigenvalue weighted by atomic mass is 19.1. The first-order chi connectivity index (χ1) is 10.0. The first-order valence-electron chi connectivity index (χ1n) is 6.23. The summed E-state index contributed by atoms with van der Waals surface area (Å²) in [5.74, 6) is -0.114. The smallest absolute Gasteiger partial charge is 0.167 e. The lowest BCUT2D eigenvalue weighted by atomic mass is 10.2. The summed E-state index contributed by atoms with van der Waals surface area (Å²) in [6, 6.07) is 7.26. The van der Waals surface area contributed by atoms with Gasteiger partial charge in [-0.25, -0.2) is 9.37 Å². The second-order valence-corrected chi connectivity index (χ2v) is 4.56. The van der Waals surface area contributed by atoms with Gasteiger partial charge in [0.2, 0.25) is 0 Å². The molecule has 0 saturated heterocycles. The van der Waals surface area contributed by atoms with Crippen molar-refractivity contribution < 1.29 is 14.2 Å². The first-order valence-corrected chi connectivity index (χ1v) is 6.23. The van der Waals surface area contributed by atoms with Gasteiger partial charge in [-0.1, -0.05) is 0 Å². The topological polar surface area (TPSA) is 81.3 Å². The summed E-state index contributed by atoms with van der Waals surface area (Å²) < 4.78 is 19.4. The molecule has 0 atom stereocenters. The van der Waals surface area contributed by atoms with E-state index in [0.717, 1.165) is 0 Å². The van der Waals surface area contributed by atoms with Gasteiger partial charge in [0, 0.05) is 30.1 Å². The Labute approximate surface area is 119 Å². The van der Waals surface area contributed by atoms with Gasteiger partial charge in [0.05, 0.1) is 11.2 Å². The molecule has 106 valence electrons. The van der Waals surface area contributed by atoms with Crippen LogP contribution in [0.5, 0.6) is 17.2 Å². The first kappa shape index (κ1) is 13.1. The van der Waals surface area contributed by atoms with Gasteiger partial charge in [-0.15, -0.1) is 0 Å². The van der Waals surface area contributed by atoms with Gasteiger partial charge in [0.15, 0.2) is 17.3 Å². The SMILES string of the molecule is Cc1nc2c(Oc3ccc(N)cc3F)ccnc2cc1O. The van der Waals surface area contributed by atoms with Crippen molar-refractivity contribution in [2.24, 2.45) is 0 Å². The van der Waals surface area contributed by atoms with Gasteiger partial charge in [-0.3, -0.25) is 4.98 Å². The maximum absolute atomic E-state index is 13.8. The molecule has 2 heterocycles.